The number of carbonyl (C=O) groups excluding carboxylic acids is 4. The first-order chi connectivity index (χ1) is 48.9. The first kappa shape index (κ1) is 73.1. The molecule has 8 aromatic rings. The van der Waals surface area contributed by atoms with Crippen molar-refractivity contribution < 1.29 is 47.6 Å². The van der Waals surface area contributed by atoms with Crippen LogP contribution in [-0.4, -0.2) is 37.1 Å². The topological polar surface area (TPSA) is 124 Å². The number of fused-ring (bicyclic) bond motifs is 16. The third kappa shape index (κ3) is 18.6. The fourth-order valence-electron chi connectivity index (χ4n) is 14.0. The Morgan fingerprint density at radius 3 is 0.680 bits per heavy atom. The number of terminal acetylenes is 2. The molecule has 0 radical (unpaired) electrons. The average molecular weight is 1340 g/mol. The van der Waals surface area contributed by atoms with Gasteiger partial charge in [-0.2, -0.15) is 0 Å². The summed E-state index contributed by atoms with van der Waals surface area (Å²) in [5, 5.41) is 0. The van der Waals surface area contributed by atoms with Crippen LogP contribution in [0.15, 0.2) is 133 Å². The van der Waals surface area contributed by atoms with Gasteiger partial charge < -0.3 is 28.4 Å². The third-order valence-electron chi connectivity index (χ3n) is 19.0. The van der Waals surface area contributed by atoms with Crippen LogP contribution in [0.2, 0.25) is 0 Å². The largest absolute Gasteiger partial charge is 0.493 e. The molecule has 0 amide bonds. The maximum atomic E-state index is 14.2. The number of rotatable bonds is 27. The highest BCUT2D eigenvalue weighted by Gasteiger charge is 2.28. The number of carbonyl (C=O) groups is 4. The van der Waals surface area contributed by atoms with E-state index in [1.165, 1.54) is 0 Å². The minimum atomic E-state index is -0.306. The van der Waals surface area contributed by atoms with Crippen LogP contribution in [-0.2, 0) is 70.5 Å². The predicted molar refractivity (Wildman–Crippen MR) is 400 cm³/mol. The van der Waals surface area contributed by atoms with Gasteiger partial charge in [-0.1, -0.05) is 214 Å². The van der Waals surface area contributed by atoms with Crippen molar-refractivity contribution in [3.05, 3.63) is 234 Å². The Kier molecular flexibility index (Phi) is 26.6. The molecule has 0 N–H and O–H groups in total. The van der Waals surface area contributed by atoms with Gasteiger partial charge in [0.25, 0.3) is 0 Å². The molecule has 10 nitrogen and oxygen atoms in total. The van der Waals surface area contributed by atoms with E-state index in [2.05, 4.69) is 102 Å². The first-order valence-corrected chi connectivity index (χ1v) is 36.8. The lowest BCUT2D eigenvalue weighted by molar-refractivity contribution is -0.135. The van der Waals surface area contributed by atoms with Crippen molar-refractivity contribution in [3.63, 3.8) is 0 Å². The minimum absolute atomic E-state index is 0.265. The molecule has 0 saturated carbocycles. The summed E-state index contributed by atoms with van der Waals surface area (Å²) in [6, 6.07) is 45.3. The van der Waals surface area contributed by atoms with E-state index in [1.54, 1.807) is 0 Å². The van der Waals surface area contributed by atoms with Gasteiger partial charge in [-0.05, 0) is 163 Å². The summed E-state index contributed by atoms with van der Waals surface area (Å²) in [5.74, 6) is 8.58. The van der Waals surface area contributed by atoms with Gasteiger partial charge in [0.05, 0.1) is 13.2 Å². The van der Waals surface area contributed by atoms with Crippen LogP contribution in [0.4, 0.5) is 0 Å². The van der Waals surface area contributed by atoms with E-state index >= 15 is 0 Å². The Morgan fingerprint density at radius 1 is 0.290 bits per heavy atom. The van der Waals surface area contributed by atoms with Crippen LogP contribution in [0.3, 0.4) is 0 Å². The number of esters is 4. The number of ether oxygens (including phenoxy) is 6. The molecule has 0 saturated heterocycles. The second kappa shape index (κ2) is 36.4. The zero-order chi connectivity index (χ0) is 70.3. The molecule has 0 aromatic heterocycles. The molecule has 10 rings (SSSR count). The van der Waals surface area contributed by atoms with Gasteiger partial charge >= 0.3 is 23.9 Å². The van der Waals surface area contributed by atoms with Crippen molar-refractivity contribution in [1.29, 1.82) is 0 Å². The van der Waals surface area contributed by atoms with Crippen LogP contribution >= 0.6 is 0 Å². The summed E-state index contributed by atoms with van der Waals surface area (Å²) in [6.07, 6.45) is 29.2. The standard InChI is InChI=1S/C90H98O10/c1-9-17-21-43-81(91)97-87-65-35-27-39-69(87)53-75-57-73(58-76(79(75)15-7)54-70-40-28-36-66(88(70)98-82(92)44-22-18-10-2)50-62-32-25-31-61(49-65)85(62)95-47-13-5)74-59-77-55-71-41-29-37-67(89(71)99-83(93)45-23-19-11-3)51-63-33-26-34-64(86(63)96-48-14-6)52-68-38-30-42-72(56-78(60-74)80(77)16-8)90(68)100-84(94)46-24-20-12-4/h7-8,25-42,57-60H,9-14,17-24,43-56H2,1-6H3. The van der Waals surface area contributed by atoms with E-state index in [0.717, 1.165) is 176 Å². The van der Waals surface area contributed by atoms with Gasteiger partial charge in [0.2, 0.25) is 0 Å². The van der Waals surface area contributed by atoms with Crippen molar-refractivity contribution in [1.82, 2.24) is 0 Å². The van der Waals surface area contributed by atoms with Crippen LogP contribution in [0.5, 0.6) is 34.5 Å². The molecule has 2 aliphatic rings. The van der Waals surface area contributed by atoms with Gasteiger partial charge in [0.15, 0.2) is 0 Å². The Balaban J connectivity index is 1.24. The highest BCUT2D eigenvalue weighted by atomic mass is 16.5. The second-order valence-corrected chi connectivity index (χ2v) is 26.9. The molecular weight excluding hydrogens is 1240 g/mol. The molecule has 0 fully saturated rings. The lowest BCUT2D eigenvalue weighted by Crippen LogP contribution is -2.14. The molecule has 8 aromatic carbocycles. The number of para-hydroxylation sites is 6. The number of benzene rings is 8. The molecule has 0 aliphatic heterocycles. The summed E-state index contributed by atoms with van der Waals surface area (Å²) in [6.45, 7) is 13.6. The summed E-state index contributed by atoms with van der Waals surface area (Å²) in [7, 11) is 0. The van der Waals surface area contributed by atoms with Crippen molar-refractivity contribution in [3.8, 4) is 70.3 Å². The fourth-order valence-corrected chi connectivity index (χ4v) is 14.0. The van der Waals surface area contributed by atoms with E-state index in [4.69, 9.17) is 41.3 Å². The summed E-state index contributed by atoms with van der Waals surface area (Å²) in [5.41, 5.74) is 16.4. The van der Waals surface area contributed by atoms with Gasteiger partial charge in [-0.25, -0.2) is 0 Å². The van der Waals surface area contributed by atoms with E-state index < -0.39 is 0 Å². The minimum Gasteiger partial charge on any atom is -0.493 e. The Morgan fingerprint density at radius 2 is 0.490 bits per heavy atom. The smallest absolute Gasteiger partial charge is 0.311 e. The molecule has 518 valence electrons. The lowest BCUT2D eigenvalue weighted by atomic mass is 9.84. The number of hydrogen-bond acceptors (Lipinski definition) is 10. The highest BCUT2D eigenvalue weighted by molar-refractivity contribution is 5.78. The molecule has 0 atom stereocenters. The molecule has 0 unspecified atom stereocenters. The molecular formula is C90H98O10. The Bertz CT molecular complexity index is 3790. The zero-order valence-corrected chi connectivity index (χ0v) is 59.7. The predicted octanol–water partition coefficient (Wildman–Crippen LogP) is 20.2. The van der Waals surface area contributed by atoms with Gasteiger partial charge in [0.1, 0.15) is 34.5 Å². The van der Waals surface area contributed by atoms with Gasteiger partial charge in [-0.3, -0.25) is 19.2 Å². The quantitative estimate of drug-likeness (QED) is 0.0213. The fraction of sp³-hybridized carbons (Fsp3) is 0.378. The molecule has 100 heavy (non-hydrogen) atoms. The van der Waals surface area contributed by atoms with E-state index in [1.807, 2.05) is 84.9 Å². The monoisotopic (exact) mass is 1340 g/mol. The van der Waals surface area contributed by atoms with Crippen molar-refractivity contribution in [2.45, 2.75) is 208 Å². The van der Waals surface area contributed by atoms with Crippen LogP contribution in [0, 0.1) is 24.7 Å². The van der Waals surface area contributed by atoms with Crippen molar-refractivity contribution >= 4 is 23.9 Å². The number of unbranched alkanes of at least 4 members (excludes halogenated alkanes) is 8. The van der Waals surface area contributed by atoms with Gasteiger partial charge in [-0.15, -0.1) is 12.8 Å². The molecule has 0 heterocycles. The molecule has 10 heteroatoms. The lowest BCUT2D eigenvalue weighted by Gasteiger charge is -2.23. The van der Waals surface area contributed by atoms with Crippen LogP contribution in [0.1, 0.15) is 257 Å². The van der Waals surface area contributed by atoms with Crippen LogP contribution < -0.4 is 28.4 Å². The van der Waals surface area contributed by atoms with E-state index in [0.29, 0.717) is 98.7 Å². The average Bonchev–Trinajstić information content (AvgIpc) is 0.769. The number of hydrogen-bond donors (Lipinski definition) is 0. The SMILES string of the molecule is C#Cc1c2cc(-c3cc4c(C#C)c(c3)Cc3cccc(c3OC(=O)CCCCC)Cc3cccc(c3OCCC)Cc3cccc(c3OC(=O)CCCCC)C4)cc1Cc1cccc(c1OC(=O)CCCCC)Cc1cccc(c1OCCC)Cc1cccc(c1OC(=O)CCCCC)C2. The molecule has 16 bridgehead atoms. The summed E-state index contributed by atoms with van der Waals surface area (Å²) in [4.78, 5) is 56.9. The Hall–Kier alpha value is -9.64. The third-order valence-corrected chi connectivity index (χ3v) is 19.0. The van der Waals surface area contributed by atoms with E-state index in [9.17, 15) is 19.2 Å². The molecule has 0 spiro atoms. The van der Waals surface area contributed by atoms with E-state index in [-0.39, 0.29) is 75.2 Å². The first-order valence-electron chi connectivity index (χ1n) is 36.8. The summed E-state index contributed by atoms with van der Waals surface area (Å²) < 4.78 is 40.0. The summed E-state index contributed by atoms with van der Waals surface area (Å²) >= 11 is 0. The zero-order valence-electron chi connectivity index (χ0n) is 59.7. The molecule has 2 aliphatic carbocycles. The highest BCUT2D eigenvalue weighted by Crippen LogP contribution is 2.43. The Labute approximate surface area is 593 Å². The van der Waals surface area contributed by atoms with Crippen molar-refractivity contribution in [2.75, 3.05) is 13.2 Å². The van der Waals surface area contributed by atoms with Crippen molar-refractivity contribution in [2.24, 2.45) is 0 Å². The maximum absolute atomic E-state index is 14.2. The maximum Gasteiger partial charge on any atom is 0.311 e. The second-order valence-electron chi connectivity index (χ2n) is 26.9. The van der Waals surface area contributed by atoms with Crippen LogP contribution in [0.25, 0.3) is 11.1 Å². The normalized spacial score (nSPS) is 12.3. The van der Waals surface area contributed by atoms with Gasteiger partial charge in [0, 0.05) is 88.2 Å².